The van der Waals surface area contributed by atoms with Crippen LogP contribution in [0.4, 0.5) is 4.39 Å². The van der Waals surface area contributed by atoms with E-state index in [0.29, 0.717) is 11.3 Å². The average molecular weight is 235 g/mol. The number of hydrogen-bond donors (Lipinski definition) is 1. The second-order valence-corrected chi connectivity index (χ2v) is 3.87. The van der Waals surface area contributed by atoms with Gasteiger partial charge in [-0.2, -0.15) is 5.10 Å². The lowest BCUT2D eigenvalue weighted by atomic mass is 10.2. The molecule has 16 heavy (non-hydrogen) atoms. The summed E-state index contributed by atoms with van der Waals surface area (Å²) >= 11 is 4.77. The molecule has 0 fully saturated rings. The van der Waals surface area contributed by atoms with Gasteiger partial charge >= 0.3 is 0 Å². The molecule has 0 amide bonds. The lowest BCUT2D eigenvalue weighted by Gasteiger charge is -2.05. The monoisotopic (exact) mass is 235 g/mol. The summed E-state index contributed by atoms with van der Waals surface area (Å²) in [6.45, 7) is 1.85. The maximum absolute atomic E-state index is 13.7. The average Bonchev–Trinajstić information content (AvgIpc) is 2.64. The first-order chi connectivity index (χ1) is 7.58. The molecule has 1 aromatic heterocycles. The lowest BCUT2D eigenvalue weighted by Crippen LogP contribution is -2.10. The van der Waals surface area contributed by atoms with E-state index >= 15 is 0 Å². The van der Waals surface area contributed by atoms with Gasteiger partial charge in [0.05, 0.1) is 5.69 Å². The zero-order chi connectivity index (χ0) is 11.7. The zero-order valence-corrected chi connectivity index (χ0v) is 9.46. The molecule has 0 unspecified atom stereocenters. The Morgan fingerprint density at radius 2 is 2.19 bits per heavy atom. The molecule has 5 heteroatoms. The summed E-state index contributed by atoms with van der Waals surface area (Å²) in [6.07, 6.45) is 1.70. The van der Waals surface area contributed by atoms with Crippen LogP contribution in [0.5, 0.6) is 0 Å². The molecule has 0 atom stereocenters. The highest BCUT2D eigenvalue weighted by Crippen LogP contribution is 2.14. The van der Waals surface area contributed by atoms with E-state index in [4.69, 9.17) is 18.0 Å². The van der Waals surface area contributed by atoms with Crippen molar-refractivity contribution < 1.29 is 4.39 Å². The summed E-state index contributed by atoms with van der Waals surface area (Å²) in [5.74, 6) is -0.395. The van der Waals surface area contributed by atoms with Crippen LogP contribution in [0.1, 0.15) is 11.3 Å². The van der Waals surface area contributed by atoms with E-state index in [2.05, 4.69) is 5.10 Å². The van der Waals surface area contributed by atoms with Crippen LogP contribution in [0.3, 0.4) is 0 Å². The number of aromatic nitrogens is 2. The molecule has 0 aliphatic rings. The highest BCUT2D eigenvalue weighted by atomic mass is 32.1. The molecule has 1 heterocycles. The SMILES string of the molecule is Cc1ccn(-c2ccc(C(N)=S)cc2F)n1. The normalized spacial score (nSPS) is 10.4. The molecule has 1 aromatic carbocycles. The molecule has 0 bridgehead atoms. The highest BCUT2D eigenvalue weighted by Gasteiger charge is 2.07. The van der Waals surface area contributed by atoms with Crippen LogP contribution in [0.15, 0.2) is 30.5 Å². The zero-order valence-electron chi connectivity index (χ0n) is 8.64. The van der Waals surface area contributed by atoms with E-state index in [9.17, 15) is 4.39 Å². The van der Waals surface area contributed by atoms with Gasteiger partial charge in [-0.05, 0) is 31.2 Å². The molecule has 3 nitrogen and oxygen atoms in total. The fourth-order valence-electron chi connectivity index (χ4n) is 1.40. The lowest BCUT2D eigenvalue weighted by molar-refractivity contribution is 0.610. The van der Waals surface area contributed by atoms with E-state index in [-0.39, 0.29) is 4.99 Å². The van der Waals surface area contributed by atoms with Crippen molar-refractivity contribution in [1.29, 1.82) is 0 Å². The number of benzene rings is 1. The summed E-state index contributed by atoms with van der Waals surface area (Å²) in [6, 6.07) is 6.41. The second-order valence-electron chi connectivity index (χ2n) is 3.43. The van der Waals surface area contributed by atoms with Gasteiger partial charge in [-0.1, -0.05) is 12.2 Å². The Labute approximate surface area is 97.7 Å². The van der Waals surface area contributed by atoms with E-state index in [1.54, 1.807) is 24.4 Å². The number of thiocarbonyl (C=S) groups is 1. The number of hydrogen-bond acceptors (Lipinski definition) is 2. The molecule has 0 aliphatic heterocycles. The van der Waals surface area contributed by atoms with Crippen molar-refractivity contribution in [3.05, 3.63) is 47.5 Å². The molecule has 2 rings (SSSR count). The van der Waals surface area contributed by atoms with Crippen LogP contribution >= 0.6 is 12.2 Å². The molecule has 0 aliphatic carbocycles. The standard InChI is InChI=1S/C11H10FN3S/c1-7-4-5-15(14-7)10-3-2-8(11(13)16)6-9(10)12/h2-6H,1H3,(H2,13,16). The van der Waals surface area contributed by atoms with E-state index in [1.807, 2.05) is 6.92 Å². The molecule has 2 aromatic rings. The van der Waals surface area contributed by atoms with Crippen molar-refractivity contribution in [3.8, 4) is 5.69 Å². The number of halogens is 1. The summed E-state index contributed by atoms with van der Waals surface area (Å²) < 4.78 is 15.2. The third-order valence-corrected chi connectivity index (χ3v) is 2.44. The van der Waals surface area contributed by atoms with E-state index < -0.39 is 5.82 Å². The van der Waals surface area contributed by atoms with E-state index in [0.717, 1.165) is 5.69 Å². The largest absolute Gasteiger partial charge is 0.389 e. The smallest absolute Gasteiger partial charge is 0.149 e. The van der Waals surface area contributed by atoms with Crippen molar-refractivity contribution >= 4 is 17.2 Å². The fourth-order valence-corrected chi connectivity index (χ4v) is 1.52. The Kier molecular flexibility index (Phi) is 2.70. The number of nitrogens with zero attached hydrogens (tertiary/aromatic N) is 2. The number of aryl methyl sites for hydroxylation is 1. The minimum atomic E-state index is -0.395. The summed E-state index contributed by atoms with van der Waals surface area (Å²) in [7, 11) is 0. The molecule has 82 valence electrons. The molecular formula is C11H10FN3S. The van der Waals surface area contributed by atoms with Crippen molar-refractivity contribution in [2.24, 2.45) is 5.73 Å². The minimum absolute atomic E-state index is 0.182. The van der Waals surface area contributed by atoms with Gasteiger partial charge in [-0.3, -0.25) is 0 Å². The van der Waals surface area contributed by atoms with Crippen LogP contribution in [0.25, 0.3) is 5.69 Å². The topological polar surface area (TPSA) is 43.8 Å². The molecule has 0 saturated heterocycles. The van der Waals surface area contributed by atoms with Gasteiger partial charge in [0, 0.05) is 11.8 Å². The van der Waals surface area contributed by atoms with Gasteiger partial charge < -0.3 is 5.73 Å². The van der Waals surface area contributed by atoms with Gasteiger partial charge in [-0.15, -0.1) is 0 Å². The van der Waals surface area contributed by atoms with E-state index in [1.165, 1.54) is 10.7 Å². The number of nitrogens with two attached hydrogens (primary N) is 1. The predicted octanol–water partition coefficient (Wildman–Crippen LogP) is 1.95. The Balaban J connectivity index is 2.47. The maximum atomic E-state index is 13.7. The van der Waals surface area contributed by atoms with Crippen LogP contribution in [-0.2, 0) is 0 Å². The first-order valence-corrected chi connectivity index (χ1v) is 5.11. The summed E-state index contributed by atoms with van der Waals surface area (Å²) in [5, 5.41) is 4.13. The van der Waals surface area contributed by atoms with Crippen molar-refractivity contribution in [2.45, 2.75) is 6.92 Å². The summed E-state index contributed by atoms with van der Waals surface area (Å²) in [5.41, 5.74) is 7.15. The maximum Gasteiger partial charge on any atom is 0.149 e. The Morgan fingerprint density at radius 3 is 2.69 bits per heavy atom. The third-order valence-electron chi connectivity index (χ3n) is 2.20. The Hall–Kier alpha value is -1.75. The molecule has 0 radical (unpaired) electrons. The van der Waals surface area contributed by atoms with Crippen molar-refractivity contribution in [1.82, 2.24) is 9.78 Å². The molecule has 0 saturated carbocycles. The van der Waals surface area contributed by atoms with Gasteiger partial charge in [0.2, 0.25) is 0 Å². The minimum Gasteiger partial charge on any atom is -0.389 e. The third kappa shape index (κ3) is 1.94. The fraction of sp³-hybridized carbons (Fsp3) is 0.0909. The second kappa shape index (κ2) is 4.02. The molecular weight excluding hydrogens is 225 g/mol. The quantitative estimate of drug-likeness (QED) is 0.809. The van der Waals surface area contributed by atoms with Crippen molar-refractivity contribution in [3.63, 3.8) is 0 Å². The van der Waals surface area contributed by atoms with Gasteiger partial charge in [0.25, 0.3) is 0 Å². The Morgan fingerprint density at radius 1 is 1.44 bits per heavy atom. The van der Waals surface area contributed by atoms with Crippen LogP contribution in [0, 0.1) is 12.7 Å². The van der Waals surface area contributed by atoms with Gasteiger partial charge in [0.15, 0.2) is 0 Å². The van der Waals surface area contributed by atoms with Crippen molar-refractivity contribution in [2.75, 3.05) is 0 Å². The molecule has 0 spiro atoms. The first kappa shape index (κ1) is 10.8. The van der Waals surface area contributed by atoms with Crippen LogP contribution in [-0.4, -0.2) is 14.8 Å². The Bertz CT molecular complexity index is 548. The summed E-state index contributed by atoms with van der Waals surface area (Å²) in [4.78, 5) is 0.182. The molecule has 2 N–H and O–H groups in total. The van der Waals surface area contributed by atoms with Gasteiger partial charge in [-0.25, -0.2) is 9.07 Å². The van der Waals surface area contributed by atoms with Gasteiger partial charge in [0.1, 0.15) is 16.5 Å². The first-order valence-electron chi connectivity index (χ1n) is 4.70. The predicted molar refractivity (Wildman–Crippen MR) is 64.1 cm³/mol. The van der Waals surface area contributed by atoms with Crippen LogP contribution in [0.2, 0.25) is 0 Å². The number of rotatable bonds is 2. The highest BCUT2D eigenvalue weighted by molar-refractivity contribution is 7.80. The van der Waals surface area contributed by atoms with Crippen LogP contribution < -0.4 is 5.73 Å².